The number of carbonyl (C=O) groups excluding carboxylic acids is 1. The van der Waals surface area contributed by atoms with Gasteiger partial charge in [-0.15, -0.1) is 0 Å². The Bertz CT molecular complexity index is 1380. The van der Waals surface area contributed by atoms with Crippen molar-refractivity contribution in [2.75, 3.05) is 40.9 Å². The lowest BCUT2D eigenvalue weighted by atomic mass is 10.0. The van der Waals surface area contributed by atoms with E-state index in [-0.39, 0.29) is 19.1 Å². The van der Waals surface area contributed by atoms with Gasteiger partial charge in [-0.2, -0.15) is 0 Å². The molecule has 0 spiro atoms. The van der Waals surface area contributed by atoms with Gasteiger partial charge in [0.25, 0.3) is 0 Å². The Kier molecular flexibility index (Phi) is 56.9. The van der Waals surface area contributed by atoms with Gasteiger partial charge in [0.1, 0.15) is 13.2 Å². The van der Waals surface area contributed by atoms with Crippen LogP contribution in [0.3, 0.4) is 0 Å². The number of nitrogens with one attached hydrogen (secondary N) is 1. The molecule has 0 aliphatic carbocycles. The van der Waals surface area contributed by atoms with Crippen molar-refractivity contribution in [3.8, 4) is 0 Å². The number of nitrogens with zero attached hydrogens (tertiary/aromatic N) is 1. The first kappa shape index (κ1) is 74.5. The third-order valence-corrected chi connectivity index (χ3v) is 16.1. The molecule has 0 rings (SSSR count). The molecule has 8 nitrogen and oxygen atoms in total. The van der Waals surface area contributed by atoms with Crippen LogP contribution >= 0.6 is 7.82 Å². The van der Waals surface area contributed by atoms with E-state index in [2.05, 4.69) is 67.8 Å². The Labute approximate surface area is 473 Å². The van der Waals surface area contributed by atoms with Crippen LogP contribution < -0.4 is 5.32 Å². The summed E-state index contributed by atoms with van der Waals surface area (Å²) in [6, 6.07) is -0.763. The molecule has 1 amide bonds. The molecule has 0 saturated heterocycles. The third-order valence-electron chi connectivity index (χ3n) is 15.1. The van der Waals surface area contributed by atoms with E-state index in [1.165, 1.54) is 231 Å². The molecule has 0 saturated carbocycles. The molecule has 0 aromatic heterocycles. The molecular formula is C67H130N2O6P+. The first-order valence-electron chi connectivity index (χ1n) is 33.0. The summed E-state index contributed by atoms with van der Waals surface area (Å²) in [4.78, 5) is 23.4. The smallest absolute Gasteiger partial charge is 0.391 e. The summed E-state index contributed by atoms with van der Waals surface area (Å²) in [5.74, 6) is -0.141. The van der Waals surface area contributed by atoms with E-state index in [4.69, 9.17) is 9.05 Å². The summed E-state index contributed by atoms with van der Waals surface area (Å²) < 4.78 is 23.9. The monoisotopic (exact) mass is 1090 g/mol. The van der Waals surface area contributed by atoms with Gasteiger partial charge in [0.05, 0.1) is 39.9 Å². The molecule has 0 bridgehead atoms. The summed E-state index contributed by atoms with van der Waals surface area (Å²) in [5.41, 5.74) is 0. The summed E-state index contributed by atoms with van der Waals surface area (Å²) in [6.07, 6.45) is 77.7. The minimum absolute atomic E-state index is 0.0748. The molecule has 0 aromatic rings. The molecule has 76 heavy (non-hydrogen) atoms. The Morgan fingerprint density at radius 1 is 0.461 bits per heavy atom. The second-order valence-electron chi connectivity index (χ2n) is 23.8. The summed E-state index contributed by atoms with van der Waals surface area (Å²) in [6.45, 7) is 4.82. The third kappa shape index (κ3) is 60.1. The number of aliphatic hydroxyl groups is 1. The first-order valence-corrected chi connectivity index (χ1v) is 34.5. The molecule has 3 atom stereocenters. The molecule has 0 aliphatic heterocycles. The van der Waals surface area contributed by atoms with Gasteiger partial charge >= 0.3 is 7.82 Å². The lowest BCUT2D eigenvalue weighted by molar-refractivity contribution is -0.870. The Morgan fingerprint density at radius 3 is 1.16 bits per heavy atom. The molecule has 3 unspecified atom stereocenters. The van der Waals surface area contributed by atoms with Crippen LogP contribution in [0.5, 0.6) is 0 Å². The fourth-order valence-electron chi connectivity index (χ4n) is 9.98. The minimum atomic E-state index is -4.33. The fourth-order valence-corrected chi connectivity index (χ4v) is 10.7. The van der Waals surface area contributed by atoms with Crippen LogP contribution in [0.25, 0.3) is 0 Å². The Hall–Kier alpha value is -1.54. The number of aliphatic hydroxyl groups excluding tert-OH is 1. The number of hydrogen-bond donors (Lipinski definition) is 3. The van der Waals surface area contributed by atoms with Gasteiger partial charge in [-0.3, -0.25) is 13.8 Å². The predicted molar refractivity (Wildman–Crippen MR) is 332 cm³/mol. The zero-order chi connectivity index (χ0) is 55.6. The summed E-state index contributed by atoms with van der Waals surface area (Å²) in [7, 11) is 1.63. The van der Waals surface area contributed by atoms with Crippen LogP contribution in [0, 0.1) is 0 Å². The zero-order valence-corrected chi connectivity index (χ0v) is 52.2. The number of allylic oxidation sites excluding steroid dienone is 8. The second kappa shape index (κ2) is 58.1. The van der Waals surface area contributed by atoms with Gasteiger partial charge in [0.2, 0.25) is 5.91 Å². The zero-order valence-electron chi connectivity index (χ0n) is 51.3. The van der Waals surface area contributed by atoms with Crippen LogP contribution in [0.1, 0.15) is 322 Å². The lowest BCUT2D eigenvalue weighted by Gasteiger charge is -2.26. The van der Waals surface area contributed by atoms with Gasteiger partial charge in [-0.25, -0.2) is 4.57 Å². The van der Waals surface area contributed by atoms with Gasteiger partial charge in [0, 0.05) is 6.42 Å². The van der Waals surface area contributed by atoms with Crippen molar-refractivity contribution < 1.29 is 32.9 Å². The van der Waals surface area contributed by atoms with Gasteiger partial charge in [-0.1, -0.05) is 313 Å². The van der Waals surface area contributed by atoms with Gasteiger partial charge in [0.15, 0.2) is 0 Å². The highest BCUT2D eigenvalue weighted by atomic mass is 31.2. The molecule has 0 aliphatic rings. The van der Waals surface area contributed by atoms with Crippen molar-refractivity contribution >= 4 is 13.7 Å². The number of phosphoric acid groups is 1. The normalized spacial score (nSPS) is 14.0. The van der Waals surface area contributed by atoms with Crippen molar-refractivity contribution in [2.45, 2.75) is 334 Å². The van der Waals surface area contributed by atoms with Crippen LogP contribution in [0.2, 0.25) is 0 Å². The fraction of sp³-hybridized carbons (Fsp3) is 0.866. The van der Waals surface area contributed by atoms with Crippen LogP contribution in [-0.2, 0) is 18.4 Å². The average molecular weight is 1090 g/mol. The molecule has 3 N–H and O–H groups in total. The maximum atomic E-state index is 13.1. The van der Waals surface area contributed by atoms with Gasteiger partial charge in [-0.05, 0) is 51.4 Å². The number of phosphoric ester groups is 1. The van der Waals surface area contributed by atoms with Crippen molar-refractivity contribution in [2.24, 2.45) is 0 Å². The van der Waals surface area contributed by atoms with E-state index in [0.29, 0.717) is 23.9 Å². The number of amides is 1. The number of hydrogen-bond acceptors (Lipinski definition) is 5. The van der Waals surface area contributed by atoms with Crippen molar-refractivity contribution in [3.05, 3.63) is 48.6 Å². The number of rotatable bonds is 61. The Morgan fingerprint density at radius 2 is 0.789 bits per heavy atom. The van der Waals surface area contributed by atoms with E-state index < -0.39 is 20.0 Å². The molecule has 0 fully saturated rings. The maximum Gasteiger partial charge on any atom is 0.472 e. The second-order valence-corrected chi connectivity index (χ2v) is 25.3. The molecule has 448 valence electrons. The highest BCUT2D eigenvalue weighted by Crippen LogP contribution is 2.43. The van der Waals surface area contributed by atoms with Crippen molar-refractivity contribution in [3.63, 3.8) is 0 Å². The summed E-state index contributed by atoms with van der Waals surface area (Å²) >= 11 is 0. The van der Waals surface area contributed by atoms with E-state index >= 15 is 0 Å². The van der Waals surface area contributed by atoms with Crippen LogP contribution in [0.15, 0.2) is 48.6 Å². The van der Waals surface area contributed by atoms with Crippen LogP contribution in [0.4, 0.5) is 0 Å². The number of unbranched alkanes of at least 4 members (excludes halogenated alkanes) is 40. The number of quaternary nitrogens is 1. The number of likely N-dealkylation sites (N-methyl/N-ethyl adjacent to an activating group) is 1. The molecular weight excluding hydrogens is 960 g/mol. The quantitative estimate of drug-likeness (QED) is 0.0243. The molecule has 9 heteroatoms. The lowest BCUT2D eigenvalue weighted by Crippen LogP contribution is -2.46. The first-order chi connectivity index (χ1) is 37.0. The highest BCUT2D eigenvalue weighted by Gasteiger charge is 2.28. The standard InChI is InChI=1S/C67H129N2O6P/c1-6-8-10-12-14-16-18-20-22-24-26-28-30-32-34-36-38-40-42-44-46-48-50-52-54-56-58-60-66(70)65(64-75-76(72,73)74-63-62-69(3,4)5)68-67(71)61-59-57-55-53-51-49-47-45-43-41-39-37-35-33-31-29-27-25-23-21-19-17-15-13-11-9-7-2/h9,11,15,17,21,23,27,29,65-66,70H,6-8,10,12-14,16,18-20,22,24-26,28,30-64H2,1-5H3,(H-,68,71,72,73)/p+1/b11-9-,17-15-,23-21-,29-27-. The van der Waals surface area contributed by atoms with Gasteiger partial charge < -0.3 is 19.8 Å². The van der Waals surface area contributed by atoms with Crippen molar-refractivity contribution in [1.29, 1.82) is 0 Å². The topological polar surface area (TPSA) is 105 Å². The Balaban J connectivity index is 4.06. The van der Waals surface area contributed by atoms with E-state index in [1.807, 2.05) is 21.1 Å². The molecule has 0 aromatic carbocycles. The largest absolute Gasteiger partial charge is 0.472 e. The van der Waals surface area contributed by atoms with Crippen LogP contribution in [-0.4, -0.2) is 73.4 Å². The number of carbonyl (C=O) groups is 1. The van der Waals surface area contributed by atoms with E-state index in [0.717, 1.165) is 64.2 Å². The van der Waals surface area contributed by atoms with Crippen molar-refractivity contribution in [1.82, 2.24) is 5.32 Å². The highest BCUT2D eigenvalue weighted by molar-refractivity contribution is 7.47. The molecule has 0 heterocycles. The minimum Gasteiger partial charge on any atom is -0.391 e. The SMILES string of the molecule is CC/C=C\C/C=C\C/C=C\C/C=C\CCCCCCCCCCCCCCCCC(=O)NC(COP(=O)(O)OCC[N+](C)(C)C)C(O)CCCCCCCCCCCCCCCCCCCCCCCCCCCCC. The predicted octanol–water partition coefficient (Wildman–Crippen LogP) is 20.7. The maximum absolute atomic E-state index is 13.1. The van der Waals surface area contributed by atoms with E-state index in [1.54, 1.807) is 0 Å². The van der Waals surface area contributed by atoms with E-state index in [9.17, 15) is 19.4 Å². The average Bonchev–Trinajstić information content (AvgIpc) is 3.38. The molecule has 0 radical (unpaired) electrons. The summed E-state index contributed by atoms with van der Waals surface area (Å²) in [5, 5.41) is 14.1.